The highest BCUT2D eigenvalue weighted by molar-refractivity contribution is 5.78. The lowest BCUT2D eigenvalue weighted by Gasteiger charge is -2.10. The molecule has 0 unspecified atom stereocenters. The molecule has 0 aliphatic carbocycles. The van der Waals surface area contributed by atoms with Gasteiger partial charge in [0.05, 0.1) is 20.1 Å². The molecule has 122 valence electrons. The predicted octanol–water partition coefficient (Wildman–Crippen LogP) is 3.05. The molecule has 4 nitrogen and oxygen atoms in total. The zero-order chi connectivity index (χ0) is 16.7. The van der Waals surface area contributed by atoms with Gasteiger partial charge in [-0.1, -0.05) is 29.8 Å². The van der Waals surface area contributed by atoms with Crippen molar-refractivity contribution in [2.75, 3.05) is 20.3 Å². The van der Waals surface area contributed by atoms with Gasteiger partial charge in [0.1, 0.15) is 18.1 Å². The molecule has 23 heavy (non-hydrogen) atoms. The Kier molecular flexibility index (Phi) is 6.03. The van der Waals surface area contributed by atoms with E-state index in [4.69, 9.17) is 9.47 Å². The maximum Gasteiger partial charge on any atom is 0.224 e. The van der Waals surface area contributed by atoms with Gasteiger partial charge in [-0.2, -0.15) is 0 Å². The van der Waals surface area contributed by atoms with Crippen molar-refractivity contribution in [1.29, 1.82) is 0 Å². The second-order valence-corrected chi connectivity index (χ2v) is 5.48. The molecule has 0 heterocycles. The summed E-state index contributed by atoms with van der Waals surface area (Å²) in [5, 5.41) is 2.88. The molecule has 0 aliphatic heterocycles. The van der Waals surface area contributed by atoms with Crippen molar-refractivity contribution in [3.8, 4) is 11.5 Å². The van der Waals surface area contributed by atoms with E-state index in [1.165, 1.54) is 5.56 Å². The van der Waals surface area contributed by atoms with Crippen molar-refractivity contribution >= 4 is 5.91 Å². The van der Waals surface area contributed by atoms with Gasteiger partial charge in [-0.05, 0) is 37.1 Å². The first-order chi connectivity index (χ1) is 11.1. The van der Waals surface area contributed by atoms with Crippen LogP contribution in [-0.2, 0) is 11.2 Å². The SMILES string of the molecule is COc1cccc(OCCNC(=O)Cc2ccc(C)cc2C)c1. The number of hydrogen-bond acceptors (Lipinski definition) is 3. The molecule has 0 saturated heterocycles. The van der Waals surface area contributed by atoms with Crippen LogP contribution < -0.4 is 14.8 Å². The molecule has 1 amide bonds. The Hall–Kier alpha value is -2.49. The Labute approximate surface area is 137 Å². The highest BCUT2D eigenvalue weighted by Gasteiger charge is 2.06. The summed E-state index contributed by atoms with van der Waals surface area (Å²) in [6, 6.07) is 13.5. The van der Waals surface area contributed by atoms with Gasteiger partial charge in [0.2, 0.25) is 5.91 Å². The van der Waals surface area contributed by atoms with Crippen LogP contribution in [0.25, 0.3) is 0 Å². The van der Waals surface area contributed by atoms with E-state index in [-0.39, 0.29) is 5.91 Å². The quantitative estimate of drug-likeness (QED) is 0.799. The molecule has 2 rings (SSSR count). The number of carbonyl (C=O) groups is 1. The summed E-state index contributed by atoms with van der Waals surface area (Å²) in [7, 11) is 1.62. The van der Waals surface area contributed by atoms with Gasteiger partial charge in [-0.3, -0.25) is 4.79 Å². The molecular formula is C19H23NO3. The maximum atomic E-state index is 12.0. The van der Waals surface area contributed by atoms with Crippen molar-refractivity contribution < 1.29 is 14.3 Å². The molecule has 0 saturated carbocycles. The molecule has 4 heteroatoms. The first-order valence-electron chi connectivity index (χ1n) is 7.68. The predicted molar refractivity (Wildman–Crippen MR) is 91.1 cm³/mol. The highest BCUT2D eigenvalue weighted by atomic mass is 16.5. The number of ether oxygens (including phenoxy) is 2. The van der Waals surface area contributed by atoms with Crippen molar-refractivity contribution in [3.05, 3.63) is 59.2 Å². The third-order valence-corrected chi connectivity index (χ3v) is 3.58. The Balaban J connectivity index is 1.74. The Morgan fingerprint density at radius 2 is 1.87 bits per heavy atom. The van der Waals surface area contributed by atoms with Crippen molar-refractivity contribution in [1.82, 2.24) is 5.32 Å². The van der Waals surface area contributed by atoms with Crippen LogP contribution in [0.1, 0.15) is 16.7 Å². The maximum absolute atomic E-state index is 12.0. The van der Waals surface area contributed by atoms with Crippen molar-refractivity contribution in [3.63, 3.8) is 0 Å². The van der Waals surface area contributed by atoms with E-state index >= 15 is 0 Å². The molecule has 0 bridgehead atoms. The number of benzene rings is 2. The number of aryl methyl sites for hydroxylation is 2. The smallest absolute Gasteiger partial charge is 0.224 e. The van der Waals surface area contributed by atoms with Crippen LogP contribution in [0.4, 0.5) is 0 Å². The molecule has 0 atom stereocenters. The molecule has 1 N–H and O–H groups in total. The minimum absolute atomic E-state index is 0.00574. The van der Waals surface area contributed by atoms with Crippen LogP contribution in [0, 0.1) is 13.8 Å². The van der Waals surface area contributed by atoms with Gasteiger partial charge in [-0.15, -0.1) is 0 Å². The van der Waals surface area contributed by atoms with E-state index in [1.54, 1.807) is 7.11 Å². The first-order valence-corrected chi connectivity index (χ1v) is 7.68. The summed E-state index contributed by atoms with van der Waals surface area (Å²) in [5.41, 5.74) is 3.41. The summed E-state index contributed by atoms with van der Waals surface area (Å²) in [6.45, 7) is 4.97. The van der Waals surface area contributed by atoms with Gasteiger partial charge in [0, 0.05) is 6.07 Å². The molecular weight excluding hydrogens is 290 g/mol. The summed E-state index contributed by atoms with van der Waals surface area (Å²) < 4.78 is 10.7. The number of amides is 1. The monoisotopic (exact) mass is 313 g/mol. The number of nitrogens with one attached hydrogen (secondary N) is 1. The molecule has 0 aliphatic rings. The molecule has 2 aromatic carbocycles. The molecule has 0 aromatic heterocycles. The standard InChI is InChI=1S/C19H23NO3/c1-14-7-8-16(15(2)11-14)12-19(21)20-9-10-23-18-6-4-5-17(13-18)22-3/h4-8,11,13H,9-10,12H2,1-3H3,(H,20,21). The van der Waals surface area contributed by atoms with Crippen LogP contribution in [-0.4, -0.2) is 26.2 Å². The Morgan fingerprint density at radius 1 is 1.09 bits per heavy atom. The summed E-state index contributed by atoms with van der Waals surface area (Å²) in [5.74, 6) is 1.49. The third kappa shape index (κ3) is 5.33. The zero-order valence-electron chi connectivity index (χ0n) is 13.9. The number of hydrogen-bond donors (Lipinski definition) is 1. The van der Waals surface area contributed by atoms with Crippen LogP contribution in [0.15, 0.2) is 42.5 Å². The van der Waals surface area contributed by atoms with E-state index < -0.39 is 0 Å². The molecule has 0 spiro atoms. The average Bonchev–Trinajstić information content (AvgIpc) is 2.54. The Morgan fingerprint density at radius 3 is 2.61 bits per heavy atom. The molecule has 0 fully saturated rings. The summed E-state index contributed by atoms with van der Waals surface area (Å²) in [6.07, 6.45) is 0.394. The number of methoxy groups -OCH3 is 1. The van der Waals surface area contributed by atoms with Crippen LogP contribution in [0.2, 0.25) is 0 Å². The average molecular weight is 313 g/mol. The Bertz CT molecular complexity index is 667. The van der Waals surface area contributed by atoms with Gasteiger partial charge in [-0.25, -0.2) is 0 Å². The van der Waals surface area contributed by atoms with Crippen molar-refractivity contribution in [2.45, 2.75) is 20.3 Å². The number of rotatable bonds is 7. The van der Waals surface area contributed by atoms with E-state index in [2.05, 4.69) is 11.4 Å². The lowest BCUT2D eigenvalue weighted by atomic mass is 10.0. The third-order valence-electron chi connectivity index (χ3n) is 3.58. The van der Waals surface area contributed by atoms with Gasteiger partial charge in [0.15, 0.2) is 0 Å². The van der Waals surface area contributed by atoms with Gasteiger partial charge in [0.25, 0.3) is 0 Å². The van der Waals surface area contributed by atoms with E-state index in [9.17, 15) is 4.79 Å². The van der Waals surface area contributed by atoms with E-state index in [0.717, 1.165) is 22.6 Å². The van der Waals surface area contributed by atoms with Gasteiger partial charge >= 0.3 is 0 Å². The fraction of sp³-hybridized carbons (Fsp3) is 0.316. The summed E-state index contributed by atoms with van der Waals surface area (Å²) in [4.78, 5) is 12.0. The van der Waals surface area contributed by atoms with Crippen LogP contribution >= 0.6 is 0 Å². The van der Waals surface area contributed by atoms with Crippen LogP contribution in [0.3, 0.4) is 0 Å². The molecule has 2 aromatic rings. The van der Waals surface area contributed by atoms with E-state index in [1.807, 2.05) is 50.2 Å². The fourth-order valence-electron chi connectivity index (χ4n) is 2.33. The normalized spacial score (nSPS) is 10.2. The minimum atomic E-state index is 0.00574. The van der Waals surface area contributed by atoms with Gasteiger partial charge < -0.3 is 14.8 Å². The topological polar surface area (TPSA) is 47.6 Å². The highest BCUT2D eigenvalue weighted by Crippen LogP contribution is 2.18. The molecule has 0 radical (unpaired) electrons. The lowest BCUT2D eigenvalue weighted by Crippen LogP contribution is -2.29. The zero-order valence-corrected chi connectivity index (χ0v) is 13.9. The number of carbonyl (C=O) groups excluding carboxylic acids is 1. The first kappa shape index (κ1) is 16.9. The fourth-order valence-corrected chi connectivity index (χ4v) is 2.33. The van der Waals surface area contributed by atoms with E-state index in [0.29, 0.717) is 19.6 Å². The summed E-state index contributed by atoms with van der Waals surface area (Å²) >= 11 is 0. The minimum Gasteiger partial charge on any atom is -0.497 e. The van der Waals surface area contributed by atoms with Crippen molar-refractivity contribution in [2.24, 2.45) is 0 Å². The van der Waals surface area contributed by atoms with Crippen LogP contribution in [0.5, 0.6) is 11.5 Å². The lowest BCUT2D eigenvalue weighted by molar-refractivity contribution is -0.120. The second-order valence-electron chi connectivity index (χ2n) is 5.48. The largest absolute Gasteiger partial charge is 0.497 e. The second kappa shape index (κ2) is 8.22.